The van der Waals surface area contributed by atoms with Crippen LogP contribution >= 0.6 is 23.1 Å². The van der Waals surface area contributed by atoms with Gasteiger partial charge in [0.1, 0.15) is 4.21 Å². The van der Waals surface area contributed by atoms with Gasteiger partial charge in [-0.15, -0.1) is 23.1 Å². The van der Waals surface area contributed by atoms with E-state index in [1.54, 1.807) is 0 Å². The first-order valence-electron chi connectivity index (χ1n) is 4.68. The van der Waals surface area contributed by atoms with Gasteiger partial charge < -0.3 is 0 Å². The summed E-state index contributed by atoms with van der Waals surface area (Å²) in [5.41, 5.74) is 0.504. The van der Waals surface area contributed by atoms with Crippen LogP contribution < -0.4 is 5.14 Å². The molecule has 1 aliphatic rings. The summed E-state index contributed by atoms with van der Waals surface area (Å²) in [5, 5.41) is 5.22. The third kappa shape index (κ3) is 1.92. The van der Waals surface area contributed by atoms with Crippen LogP contribution in [-0.2, 0) is 10.0 Å². The Labute approximate surface area is 102 Å². The van der Waals surface area contributed by atoms with Crippen LogP contribution in [0.4, 0.5) is 0 Å². The molecule has 0 saturated carbocycles. The largest absolute Gasteiger partial charge is 0.294 e. The number of carbonyl (C=O) groups excluding carboxylic acids is 1. The van der Waals surface area contributed by atoms with Crippen molar-refractivity contribution in [2.75, 3.05) is 0 Å². The highest BCUT2D eigenvalue weighted by Gasteiger charge is 2.33. The van der Waals surface area contributed by atoms with Gasteiger partial charge in [-0.3, -0.25) is 4.79 Å². The zero-order valence-corrected chi connectivity index (χ0v) is 11.2. The summed E-state index contributed by atoms with van der Waals surface area (Å²) in [6, 6.07) is 1.40. The molecule has 0 aromatic carbocycles. The number of Topliss-reactive ketones (excluding diaryl/α,β-unsaturated/α-hetero) is 1. The lowest BCUT2D eigenvalue weighted by molar-refractivity contribution is 0.0925. The van der Waals surface area contributed by atoms with Crippen LogP contribution in [0.2, 0.25) is 0 Å². The minimum atomic E-state index is -3.70. The van der Waals surface area contributed by atoms with Crippen LogP contribution in [0.5, 0.6) is 0 Å². The summed E-state index contributed by atoms with van der Waals surface area (Å²) in [6.07, 6.45) is 0. The lowest BCUT2D eigenvalue weighted by Gasteiger charge is -2.23. The number of hydrogen-bond donors (Lipinski definition) is 1. The summed E-state index contributed by atoms with van der Waals surface area (Å²) >= 11 is 2.62. The zero-order valence-electron chi connectivity index (χ0n) is 8.76. The quantitative estimate of drug-likeness (QED) is 0.847. The first-order chi connectivity index (χ1) is 7.30. The molecule has 1 aliphatic heterocycles. The topological polar surface area (TPSA) is 77.2 Å². The maximum atomic E-state index is 11.9. The van der Waals surface area contributed by atoms with Gasteiger partial charge in [0, 0.05) is 16.7 Å². The van der Waals surface area contributed by atoms with Gasteiger partial charge in [-0.25, -0.2) is 13.6 Å². The van der Waals surface area contributed by atoms with E-state index in [1.165, 1.54) is 17.8 Å². The van der Waals surface area contributed by atoms with Gasteiger partial charge in [0.05, 0.1) is 4.21 Å². The molecule has 16 heavy (non-hydrogen) atoms. The van der Waals surface area contributed by atoms with Crippen LogP contribution in [0.3, 0.4) is 0 Å². The van der Waals surface area contributed by atoms with Crippen molar-refractivity contribution in [1.82, 2.24) is 0 Å². The number of carbonyl (C=O) groups is 1. The molecular weight excluding hydrogens is 266 g/mol. The highest BCUT2D eigenvalue weighted by Crippen LogP contribution is 2.43. The van der Waals surface area contributed by atoms with Gasteiger partial charge in [-0.1, -0.05) is 13.8 Å². The van der Waals surface area contributed by atoms with E-state index in [2.05, 4.69) is 0 Å². The van der Waals surface area contributed by atoms with Crippen molar-refractivity contribution in [3.63, 3.8) is 0 Å². The van der Waals surface area contributed by atoms with Crippen LogP contribution in [-0.4, -0.2) is 19.5 Å². The standard InChI is InChI=1S/C9H11NO3S3/c1-4-5(2)14-9-6(8(4)11)3-7(15-9)16(10,12)13/h3-5H,1-2H3,(H2,10,12,13). The van der Waals surface area contributed by atoms with Crippen molar-refractivity contribution < 1.29 is 13.2 Å². The summed E-state index contributed by atoms with van der Waals surface area (Å²) in [4.78, 5) is 11.9. The predicted octanol–water partition coefficient (Wildman–Crippen LogP) is 1.71. The van der Waals surface area contributed by atoms with E-state index < -0.39 is 10.0 Å². The molecule has 0 fully saturated rings. The van der Waals surface area contributed by atoms with E-state index in [-0.39, 0.29) is 21.2 Å². The number of sulfonamides is 1. The normalized spacial score (nSPS) is 25.6. The Balaban J connectivity index is 2.54. The van der Waals surface area contributed by atoms with Crippen molar-refractivity contribution in [2.45, 2.75) is 27.5 Å². The molecule has 0 aliphatic carbocycles. The van der Waals surface area contributed by atoms with Crippen molar-refractivity contribution in [3.8, 4) is 0 Å². The molecule has 7 heteroatoms. The van der Waals surface area contributed by atoms with Gasteiger partial charge >= 0.3 is 0 Å². The number of thiophene rings is 1. The molecule has 2 heterocycles. The second-order valence-electron chi connectivity index (χ2n) is 3.79. The lowest BCUT2D eigenvalue weighted by Crippen LogP contribution is -2.24. The third-order valence-corrected chi connectivity index (χ3v) is 6.73. The predicted molar refractivity (Wildman–Crippen MR) is 64.5 cm³/mol. The zero-order chi connectivity index (χ0) is 12.1. The van der Waals surface area contributed by atoms with Crippen molar-refractivity contribution in [2.24, 2.45) is 11.1 Å². The first-order valence-corrected chi connectivity index (χ1v) is 7.92. The van der Waals surface area contributed by atoms with Gasteiger partial charge in [-0.05, 0) is 6.07 Å². The number of primary sulfonamides is 1. The van der Waals surface area contributed by atoms with Crippen LogP contribution in [0, 0.1) is 5.92 Å². The molecule has 0 saturated heterocycles. The fourth-order valence-electron chi connectivity index (χ4n) is 1.48. The molecule has 1 aromatic rings. The molecule has 88 valence electrons. The number of rotatable bonds is 1. The van der Waals surface area contributed by atoms with Gasteiger partial charge in [0.15, 0.2) is 5.78 Å². The van der Waals surface area contributed by atoms with Gasteiger partial charge in [0.25, 0.3) is 0 Å². The Morgan fingerprint density at radius 3 is 2.56 bits per heavy atom. The molecule has 0 amide bonds. The first kappa shape index (κ1) is 12.1. The molecule has 2 atom stereocenters. The molecule has 2 rings (SSSR count). The fraction of sp³-hybridized carbons (Fsp3) is 0.444. The number of hydrogen-bond acceptors (Lipinski definition) is 5. The van der Waals surface area contributed by atoms with Crippen LogP contribution in [0.1, 0.15) is 24.2 Å². The van der Waals surface area contributed by atoms with E-state index in [0.717, 1.165) is 15.5 Å². The Bertz CT molecular complexity index is 546. The highest BCUT2D eigenvalue weighted by atomic mass is 32.3. The molecule has 4 nitrogen and oxygen atoms in total. The molecule has 0 radical (unpaired) electrons. The number of fused-ring (bicyclic) bond motifs is 1. The van der Waals surface area contributed by atoms with E-state index >= 15 is 0 Å². The Morgan fingerprint density at radius 1 is 1.38 bits per heavy atom. The summed E-state index contributed by atoms with van der Waals surface area (Å²) in [7, 11) is -3.70. The molecule has 1 aromatic heterocycles. The second kappa shape index (κ2) is 3.83. The molecular formula is C9H11NO3S3. The highest BCUT2D eigenvalue weighted by molar-refractivity contribution is 8.02. The second-order valence-corrected chi connectivity index (χ2v) is 8.27. The molecule has 2 unspecified atom stereocenters. The van der Waals surface area contributed by atoms with E-state index in [4.69, 9.17) is 5.14 Å². The van der Waals surface area contributed by atoms with E-state index in [0.29, 0.717) is 5.56 Å². The maximum Gasteiger partial charge on any atom is 0.247 e. The summed E-state index contributed by atoms with van der Waals surface area (Å²) in [6.45, 7) is 3.82. The maximum absolute atomic E-state index is 11.9. The smallest absolute Gasteiger partial charge is 0.247 e. The molecule has 2 N–H and O–H groups in total. The van der Waals surface area contributed by atoms with Gasteiger partial charge in [-0.2, -0.15) is 0 Å². The average molecular weight is 277 g/mol. The van der Waals surface area contributed by atoms with Crippen molar-refractivity contribution in [3.05, 3.63) is 11.6 Å². The monoisotopic (exact) mass is 277 g/mol. The average Bonchev–Trinajstić information content (AvgIpc) is 2.57. The number of ketones is 1. The third-order valence-electron chi connectivity index (χ3n) is 2.63. The Kier molecular flexibility index (Phi) is 2.90. The fourth-order valence-corrected chi connectivity index (χ4v) is 5.13. The molecule has 0 bridgehead atoms. The number of nitrogens with two attached hydrogens (primary N) is 1. The molecule has 0 spiro atoms. The Morgan fingerprint density at radius 2 is 2.00 bits per heavy atom. The lowest BCUT2D eigenvalue weighted by atomic mass is 9.98. The Hall–Kier alpha value is -0.370. The number of thioether (sulfide) groups is 1. The van der Waals surface area contributed by atoms with Crippen molar-refractivity contribution in [1.29, 1.82) is 0 Å². The minimum absolute atomic E-state index is 0.00685. The van der Waals surface area contributed by atoms with E-state index in [9.17, 15) is 13.2 Å². The summed E-state index contributed by atoms with van der Waals surface area (Å²) in [5.74, 6) is -0.0761. The van der Waals surface area contributed by atoms with E-state index in [1.807, 2.05) is 13.8 Å². The van der Waals surface area contributed by atoms with Gasteiger partial charge in [0.2, 0.25) is 10.0 Å². The van der Waals surface area contributed by atoms with Crippen LogP contribution in [0.15, 0.2) is 14.5 Å². The van der Waals surface area contributed by atoms with Crippen molar-refractivity contribution >= 4 is 38.9 Å². The summed E-state index contributed by atoms with van der Waals surface area (Å²) < 4.78 is 23.2. The minimum Gasteiger partial charge on any atom is -0.294 e. The van der Waals surface area contributed by atoms with Crippen LogP contribution in [0.25, 0.3) is 0 Å². The SMILES string of the molecule is CC1Sc2sc(S(N)(=O)=O)cc2C(=O)C1C.